The van der Waals surface area contributed by atoms with Gasteiger partial charge in [0.25, 0.3) is 0 Å². The van der Waals surface area contributed by atoms with Gasteiger partial charge in [-0.3, -0.25) is 20.4 Å². The van der Waals surface area contributed by atoms with Crippen LogP contribution in [0.5, 0.6) is 0 Å². The van der Waals surface area contributed by atoms with E-state index in [4.69, 9.17) is 56.1 Å². The van der Waals surface area contributed by atoms with Crippen LogP contribution in [0.2, 0.25) is 0 Å². The van der Waals surface area contributed by atoms with Crippen LogP contribution >= 0.6 is 0 Å². The van der Waals surface area contributed by atoms with Gasteiger partial charge in [0, 0.05) is 13.1 Å². The highest BCUT2D eigenvalue weighted by Crippen LogP contribution is 2.03. The van der Waals surface area contributed by atoms with Gasteiger partial charge in [-0.2, -0.15) is 0 Å². The first-order valence-electron chi connectivity index (χ1n) is 12.3. The van der Waals surface area contributed by atoms with Crippen LogP contribution in [0, 0.1) is 10.8 Å². The summed E-state index contributed by atoms with van der Waals surface area (Å²) in [6, 6.07) is -3.84. The standard InChI is InChI=1S/C12H26N6O3.C9H19N5O4/c13-6-2-1-4-8(14)10(19)21-11(20)9(15)5-3-7-18-12(16)17;10-5(2-1-3-14-9(12)13)8(17)18-4-6(11)7(15)16/h8-9H,1-7,13-15H2,(H4,16,17,18);5-6H,1-4,10-11H2,(H,15,16)(H4,12,13,14)/t8-,9-;5-,6-/m00/s1. The molecule has 0 aliphatic heterocycles. The molecule has 0 spiro atoms. The second-order valence-electron chi connectivity index (χ2n) is 8.38. The van der Waals surface area contributed by atoms with Gasteiger partial charge in [0.2, 0.25) is 0 Å². The average molecular weight is 564 g/mol. The normalized spacial score (nSPS) is 13.4. The molecule has 0 bridgehead atoms. The number of carbonyl (C=O) groups excluding carboxylic acids is 3. The molecule has 0 heterocycles. The molecule has 39 heavy (non-hydrogen) atoms. The number of nitrogens with one attached hydrogen (secondary N) is 4. The third kappa shape index (κ3) is 22.1. The maximum Gasteiger partial charge on any atom is 0.330 e. The van der Waals surface area contributed by atoms with Crippen LogP contribution in [-0.4, -0.2) is 91.3 Å². The molecule has 4 atom stereocenters. The topological polar surface area (TPSA) is 361 Å². The minimum absolute atomic E-state index is 0.148. The van der Waals surface area contributed by atoms with E-state index >= 15 is 0 Å². The minimum atomic E-state index is -1.25. The Morgan fingerprint density at radius 2 is 1.10 bits per heavy atom. The van der Waals surface area contributed by atoms with Crippen LogP contribution in [-0.2, 0) is 28.7 Å². The third-order valence-corrected chi connectivity index (χ3v) is 4.82. The van der Waals surface area contributed by atoms with Crippen molar-refractivity contribution in [2.75, 3.05) is 26.2 Å². The zero-order valence-electron chi connectivity index (χ0n) is 22.0. The highest BCUT2D eigenvalue weighted by atomic mass is 16.6. The third-order valence-electron chi connectivity index (χ3n) is 4.82. The summed E-state index contributed by atoms with van der Waals surface area (Å²) in [5, 5.41) is 27.5. The van der Waals surface area contributed by atoms with Crippen molar-refractivity contribution in [3.8, 4) is 0 Å². The number of hydrogen-bond acceptors (Lipinski definition) is 13. The zero-order chi connectivity index (χ0) is 30.4. The summed E-state index contributed by atoms with van der Waals surface area (Å²) in [7, 11) is 0. The Labute approximate surface area is 227 Å². The molecule has 0 amide bonds. The van der Waals surface area contributed by atoms with E-state index in [0.717, 1.165) is 6.42 Å². The maximum absolute atomic E-state index is 11.6. The van der Waals surface area contributed by atoms with Gasteiger partial charge >= 0.3 is 23.9 Å². The van der Waals surface area contributed by atoms with Gasteiger partial charge < -0.3 is 65.3 Å². The largest absolute Gasteiger partial charge is 0.480 e. The van der Waals surface area contributed by atoms with Gasteiger partial charge in [-0.25, -0.2) is 9.59 Å². The lowest BCUT2D eigenvalue weighted by molar-refractivity contribution is -0.162. The Balaban J connectivity index is 0. The lowest BCUT2D eigenvalue weighted by Gasteiger charge is -2.13. The van der Waals surface area contributed by atoms with E-state index < -0.39 is 54.7 Å². The molecule has 0 saturated heterocycles. The van der Waals surface area contributed by atoms with Crippen molar-refractivity contribution < 1.29 is 33.8 Å². The van der Waals surface area contributed by atoms with Gasteiger partial charge in [-0.15, -0.1) is 0 Å². The number of esters is 3. The number of ether oxygens (including phenoxy) is 2. The fourth-order valence-electron chi connectivity index (χ4n) is 2.55. The van der Waals surface area contributed by atoms with Crippen LogP contribution < -0.4 is 50.8 Å². The summed E-state index contributed by atoms with van der Waals surface area (Å²) in [5.74, 6) is -3.81. The SMILES string of the molecule is N=C(N)NCCC[C@H](N)C(=O)OC(=O)[C@@H](N)CCCCN.N=C(N)NCCC[C@H](N)C(=O)OC[C@H](N)C(=O)O. The maximum atomic E-state index is 11.6. The van der Waals surface area contributed by atoms with Gasteiger partial charge in [-0.1, -0.05) is 6.42 Å². The molecular formula is C21H45N11O7. The summed E-state index contributed by atoms with van der Waals surface area (Å²) in [5.41, 5.74) is 37.4. The van der Waals surface area contributed by atoms with E-state index in [9.17, 15) is 19.2 Å². The summed E-state index contributed by atoms with van der Waals surface area (Å²) in [6.45, 7) is 0.960. The Morgan fingerprint density at radius 1 is 0.692 bits per heavy atom. The van der Waals surface area contributed by atoms with Crippen molar-refractivity contribution in [2.45, 2.75) is 69.1 Å². The van der Waals surface area contributed by atoms with Crippen molar-refractivity contribution in [1.82, 2.24) is 10.6 Å². The molecule has 19 N–H and O–H groups in total. The molecule has 0 aromatic carbocycles. The smallest absolute Gasteiger partial charge is 0.330 e. The monoisotopic (exact) mass is 563 g/mol. The number of nitrogens with two attached hydrogens (primary N) is 7. The predicted octanol–water partition coefficient (Wildman–Crippen LogP) is -4.36. The molecular weight excluding hydrogens is 518 g/mol. The molecule has 0 aromatic rings. The summed E-state index contributed by atoms with van der Waals surface area (Å²) >= 11 is 0. The summed E-state index contributed by atoms with van der Waals surface area (Å²) in [6.07, 6.45) is 3.58. The molecule has 18 heteroatoms. The number of carbonyl (C=O) groups is 4. The van der Waals surface area contributed by atoms with E-state index in [0.29, 0.717) is 58.2 Å². The number of carboxylic acid groups (broad SMARTS) is 1. The second kappa shape index (κ2) is 22.4. The number of aliphatic carboxylic acids is 1. The van der Waals surface area contributed by atoms with Crippen molar-refractivity contribution in [3.05, 3.63) is 0 Å². The first-order valence-corrected chi connectivity index (χ1v) is 12.3. The van der Waals surface area contributed by atoms with Gasteiger partial charge in [0.15, 0.2) is 11.9 Å². The number of carboxylic acids is 1. The fourth-order valence-corrected chi connectivity index (χ4v) is 2.55. The second-order valence-corrected chi connectivity index (χ2v) is 8.38. The summed E-state index contributed by atoms with van der Waals surface area (Å²) < 4.78 is 9.28. The molecule has 0 fully saturated rings. The van der Waals surface area contributed by atoms with E-state index in [-0.39, 0.29) is 11.9 Å². The van der Waals surface area contributed by atoms with Gasteiger partial charge in [-0.05, 0) is 45.1 Å². The Kier molecular flexibility index (Phi) is 21.6. The Bertz CT molecular complexity index is 785. The van der Waals surface area contributed by atoms with Crippen LogP contribution in [0.1, 0.15) is 44.9 Å². The van der Waals surface area contributed by atoms with E-state index in [1.165, 1.54) is 0 Å². The van der Waals surface area contributed by atoms with Gasteiger partial charge in [0.1, 0.15) is 30.8 Å². The molecule has 0 rings (SSSR count). The Morgan fingerprint density at radius 3 is 1.49 bits per heavy atom. The van der Waals surface area contributed by atoms with Crippen molar-refractivity contribution >= 4 is 35.8 Å². The van der Waals surface area contributed by atoms with Crippen molar-refractivity contribution in [2.24, 2.45) is 40.1 Å². The number of rotatable bonds is 18. The lowest BCUT2D eigenvalue weighted by atomic mass is 10.1. The molecule has 18 nitrogen and oxygen atoms in total. The molecule has 0 aliphatic rings. The van der Waals surface area contributed by atoms with Crippen molar-refractivity contribution in [3.63, 3.8) is 0 Å². The van der Waals surface area contributed by atoms with E-state index in [1.54, 1.807) is 0 Å². The number of guanidine groups is 2. The lowest BCUT2D eigenvalue weighted by Crippen LogP contribution is -2.40. The first-order chi connectivity index (χ1) is 18.2. The summed E-state index contributed by atoms with van der Waals surface area (Å²) in [4.78, 5) is 44.8. The van der Waals surface area contributed by atoms with Crippen LogP contribution in [0.3, 0.4) is 0 Å². The van der Waals surface area contributed by atoms with Crippen molar-refractivity contribution in [1.29, 1.82) is 10.8 Å². The molecule has 0 aromatic heterocycles. The zero-order valence-corrected chi connectivity index (χ0v) is 22.0. The first kappa shape index (κ1) is 37.6. The number of hydrogen-bond donors (Lipinski definition) is 12. The fraction of sp³-hybridized carbons (Fsp3) is 0.714. The molecule has 226 valence electrons. The van der Waals surface area contributed by atoms with Crippen LogP contribution in [0.4, 0.5) is 0 Å². The van der Waals surface area contributed by atoms with Crippen LogP contribution in [0.25, 0.3) is 0 Å². The highest BCUT2D eigenvalue weighted by molar-refractivity contribution is 5.90. The highest BCUT2D eigenvalue weighted by Gasteiger charge is 2.22. The molecule has 0 radical (unpaired) electrons. The minimum Gasteiger partial charge on any atom is -0.480 e. The van der Waals surface area contributed by atoms with Gasteiger partial charge in [0.05, 0.1) is 0 Å². The molecule has 0 unspecified atom stereocenters. The van der Waals surface area contributed by atoms with E-state index in [2.05, 4.69) is 20.1 Å². The average Bonchev–Trinajstić information content (AvgIpc) is 2.87. The number of unbranched alkanes of at least 4 members (excludes halogenated alkanes) is 1. The quantitative estimate of drug-likeness (QED) is 0.0246. The molecule has 0 saturated carbocycles. The Hall–Kier alpha value is -3.58. The van der Waals surface area contributed by atoms with E-state index in [1.807, 2.05) is 0 Å². The molecule has 0 aliphatic carbocycles. The predicted molar refractivity (Wildman–Crippen MR) is 143 cm³/mol. The van der Waals surface area contributed by atoms with Crippen LogP contribution in [0.15, 0.2) is 0 Å².